The second kappa shape index (κ2) is 9.56. The molecule has 5 rings (SSSR count). The Kier molecular flexibility index (Phi) is 6.36. The Bertz CT molecular complexity index is 998. The van der Waals surface area contributed by atoms with Gasteiger partial charge in [0, 0.05) is 25.6 Å². The number of carbonyl (C=O) groups is 2. The molecule has 1 N–H and O–H groups in total. The predicted octanol–water partition coefficient (Wildman–Crippen LogP) is 3.63. The second-order valence-electron chi connectivity index (χ2n) is 9.37. The van der Waals surface area contributed by atoms with Gasteiger partial charge in [0.2, 0.25) is 5.91 Å². The topological polar surface area (TPSA) is 67.9 Å². The van der Waals surface area contributed by atoms with Crippen molar-refractivity contribution in [3.63, 3.8) is 0 Å². The average Bonchev–Trinajstić information content (AvgIpc) is 3.57. The number of benzene rings is 2. The van der Waals surface area contributed by atoms with Crippen LogP contribution in [-0.4, -0.2) is 48.6 Å². The molecule has 2 aromatic rings. The van der Waals surface area contributed by atoms with Crippen molar-refractivity contribution in [2.45, 2.75) is 57.3 Å². The molecule has 1 aliphatic carbocycles. The number of ether oxygens (including phenoxy) is 2. The lowest BCUT2D eigenvalue weighted by Gasteiger charge is -2.38. The summed E-state index contributed by atoms with van der Waals surface area (Å²) in [5, 5.41) is 2.94. The summed E-state index contributed by atoms with van der Waals surface area (Å²) >= 11 is 0. The van der Waals surface area contributed by atoms with E-state index in [0.29, 0.717) is 12.3 Å². The molecular formula is C27H32N2O4. The van der Waals surface area contributed by atoms with Crippen LogP contribution in [0.5, 0.6) is 5.75 Å². The van der Waals surface area contributed by atoms with Crippen molar-refractivity contribution in [3.05, 3.63) is 65.2 Å². The zero-order valence-electron chi connectivity index (χ0n) is 19.2. The van der Waals surface area contributed by atoms with Gasteiger partial charge in [-0.15, -0.1) is 0 Å². The standard InChI is InChI=1S/C27H32N2O4/c1-18(26(30)28-17-23-8-5-15-32-23)33-22-12-11-19-13-14-29(27(31)21-9-10-21)25(24(19)16-22)20-6-3-2-4-7-20/h2-4,6-7,11-12,16,18,21,23,25H,5,8-10,13-15,17H2,1H3,(H,28,30). The Morgan fingerprint density at radius 2 is 1.97 bits per heavy atom. The van der Waals surface area contributed by atoms with E-state index in [4.69, 9.17) is 9.47 Å². The number of nitrogens with one attached hydrogen (secondary N) is 1. The van der Waals surface area contributed by atoms with E-state index in [9.17, 15) is 9.59 Å². The molecule has 33 heavy (non-hydrogen) atoms. The van der Waals surface area contributed by atoms with Gasteiger partial charge in [0.1, 0.15) is 5.75 Å². The zero-order valence-corrected chi connectivity index (χ0v) is 19.2. The highest BCUT2D eigenvalue weighted by Crippen LogP contribution is 2.41. The van der Waals surface area contributed by atoms with E-state index in [1.165, 1.54) is 5.56 Å². The molecule has 174 valence electrons. The largest absolute Gasteiger partial charge is 0.481 e. The van der Waals surface area contributed by atoms with Crippen LogP contribution in [0.2, 0.25) is 0 Å². The summed E-state index contributed by atoms with van der Waals surface area (Å²) in [6.07, 6.45) is 4.33. The fourth-order valence-electron chi connectivity index (χ4n) is 4.88. The minimum absolute atomic E-state index is 0.103. The number of nitrogens with zero attached hydrogens (tertiary/aromatic N) is 1. The van der Waals surface area contributed by atoms with Gasteiger partial charge in [-0.3, -0.25) is 9.59 Å². The molecule has 0 spiro atoms. The normalized spacial score (nSPS) is 23.0. The smallest absolute Gasteiger partial charge is 0.260 e. The molecule has 3 aliphatic rings. The van der Waals surface area contributed by atoms with Crippen molar-refractivity contribution in [3.8, 4) is 5.75 Å². The maximum Gasteiger partial charge on any atom is 0.260 e. The molecule has 0 aromatic heterocycles. The van der Waals surface area contributed by atoms with Crippen molar-refractivity contribution >= 4 is 11.8 Å². The van der Waals surface area contributed by atoms with Gasteiger partial charge in [-0.25, -0.2) is 0 Å². The lowest BCUT2D eigenvalue weighted by molar-refractivity contribution is -0.134. The van der Waals surface area contributed by atoms with Gasteiger partial charge in [0.05, 0.1) is 12.1 Å². The van der Waals surface area contributed by atoms with Gasteiger partial charge < -0.3 is 19.7 Å². The molecule has 1 saturated carbocycles. The summed E-state index contributed by atoms with van der Waals surface area (Å²) < 4.78 is 11.6. The highest BCUT2D eigenvalue weighted by atomic mass is 16.5. The lowest BCUT2D eigenvalue weighted by Crippen LogP contribution is -2.41. The second-order valence-corrected chi connectivity index (χ2v) is 9.37. The van der Waals surface area contributed by atoms with Crippen LogP contribution in [0.25, 0.3) is 0 Å². The van der Waals surface area contributed by atoms with Gasteiger partial charge in [0.15, 0.2) is 6.10 Å². The Morgan fingerprint density at radius 1 is 1.15 bits per heavy atom. The average molecular weight is 449 g/mol. The first-order chi connectivity index (χ1) is 16.1. The number of carbonyl (C=O) groups excluding carboxylic acids is 2. The summed E-state index contributed by atoms with van der Waals surface area (Å²) in [7, 11) is 0. The molecule has 2 heterocycles. The third-order valence-corrected chi connectivity index (χ3v) is 6.88. The van der Waals surface area contributed by atoms with E-state index in [2.05, 4.69) is 23.5 Å². The van der Waals surface area contributed by atoms with E-state index in [1.807, 2.05) is 35.2 Å². The van der Waals surface area contributed by atoms with Crippen LogP contribution < -0.4 is 10.1 Å². The predicted molar refractivity (Wildman–Crippen MR) is 125 cm³/mol. The molecule has 2 fully saturated rings. The quantitative estimate of drug-likeness (QED) is 0.702. The van der Waals surface area contributed by atoms with Gasteiger partial charge in [0.25, 0.3) is 5.91 Å². The summed E-state index contributed by atoms with van der Waals surface area (Å²) in [5.41, 5.74) is 3.42. The maximum absolute atomic E-state index is 13.1. The first-order valence-electron chi connectivity index (χ1n) is 12.1. The fourth-order valence-corrected chi connectivity index (χ4v) is 4.88. The minimum atomic E-state index is -0.618. The van der Waals surface area contributed by atoms with E-state index >= 15 is 0 Å². The molecule has 2 aromatic carbocycles. The van der Waals surface area contributed by atoms with Crippen LogP contribution in [0.15, 0.2) is 48.5 Å². The van der Waals surface area contributed by atoms with Crippen molar-refractivity contribution in [2.75, 3.05) is 19.7 Å². The molecule has 0 radical (unpaired) electrons. The lowest BCUT2D eigenvalue weighted by atomic mass is 9.87. The molecule has 2 amide bonds. The number of hydrogen-bond acceptors (Lipinski definition) is 4. The van der Waals surface area contributed by atoms with E-state index in [0.717, 1.165) is 56.4 Å². The zero-order chi connectivity index (χ0) is 22.8. The Morgan fingerprint density at radius 3 is 2.70 bits per heavy atom. The Hall–Kier alpha value is -2.86. The SMILES string of the molecule is CC(Oc1ccc2c(c1)C(c1ccccc1)N(C(=O)C1CC1)CC2)C(=O)NCC1CCCO1. The molecule has 3 atom stereocenters. The van der Waals surface area contributed by atoms with E-state index < -0.39 is 6.10 Å². The number of fused-ring (bicyclic) bond motifs is 1. The molecule has 6 nitrogen and oxygen atoms in total. The maximum atomic E-state index is 13.1. The van der Waals surface area contributed by atoms with Crippen LogP contribution in [0.3, 0.4) is 0 Å². The summed E-state index contributed by atoms with van der Waals surface area (Å²) in [4.78, 5) is 27.7. The minimum Gasteiger partial charge on any atom is -0.481 e. The highest BCUT2D eigenvalue weighted by molar-refractivity contribution is 5.82. The molecule has 2 aliphatic heterocycles. The number of rotatable bonds is 7. The Balaban J connectivity index is 1.35. The van der Waals surface area contributed by atoms with Crippen molar-refractivity contribution in [1.82, 2.24) is 10.2 Å². The van der Waals surface area contributed by atoms with Crippen LogP contribution >= 0.6 is 0 Å². The van der Waals surface area contributed by atoms with Crippen LogP contribution in [0, 0.1) is 5.92 Å². The molecule has 0 bridgehead atoms. The molecule has 3 unspecified atom stereocenters. The summed E-state index contributed by atoms with van der Waals surface area (Å²) in [5.74, 6) is 0.927. The van der Waals surface area contributed by atoms with Crippen molar-refractivity contribution < 1.29 is 19.1 Å². The molecule has 1 saturated heterocycles. The van der Waals surface area contributed by atoms with Crippen molar-refractivity contribution in [2.24, 2.45) is 5.92 Å². The van der Waals surface area contributed by atoms with Gasteiger partial charge >= 0.3 is 0 Å². The fraction of sp³-hybridized carbons (Fsp3) is 0.481. The monoisotopic (exact) mass is 448 g/mol. The first kappa shape index (κ1) is 22.0. The summed E-state index contributed by atoms with van der Waals surface area (Å²) in [6.45, 7) is 3.78. The van der Waals surface area contributed by atoms with Crippen LogP contribution in [0.1, 0.15) is 55.3 Å². The third-order valence-electron chi connectivity index (χ3n) is 6.88. The van der Waals surface area contributed by atoms with Crippen LogP contribution in [0.4, 0.5) is 0 Å². The van der Waals surface area contributed by atoms with Gasteiger partial charge in [-0.1, -0.05) is 36.4 Å². The highest BCUT2D eigenvalue weighted by Gasteiger charge is 2.39. The van der Waals surface area contributed by atoms with Crippen LogP contribution in [-0.2, 0) is 20.7 Å². The number of hydrogen-bond donors (Lipinski definition) is 1. The first-order valence-corrected chi connectivity index (χ1v) is 12.1. The Labute approximate surface area is 195 Å². The van der Waals surface area contributed by atoms with Gasteiger partial charge in [-0.2, -0.15) is 0 Å². The summed E-state index contributed by atoms with van der Waals surface area (Å²) in [6, 6.07) is 16.1. The molecular weight excluding hydrogens is 416 g/mol. The molecule has 6 heteroatoms. The van der Waals surface area contributed by atoms with Crippen molar-refractivity contribution in [1.29, 1.82) is 0 Å². The van der Waals surface area contributed by atoms with E-state index in [1.54, 1.807) is 6.92 Å². The van der Waals surface area contributed by atoms with E-state index in [-0.39, 0.29) is 29.9 Å². The van der Waals surface area contributed by atoms with Gasteiger partial charge in [-0.05, 0) is 67.9 Å². The third kappa shape index (κ3) is 4.91. The number of amides is 2.